The van der Waals surface area contributed by atoms with Crippen molar-refractivity contribution in [2.75, 3.05) is 4.72 Å². The molecular weight excluding hydrogens is 374 g/mol. The van der Waals surface area contributed by atoms with Gasteiger partial charge >= 0.3 is 0 Å². The summed E-state index contributed by atoms with van der Waals surface area (Å²) >= 11 is 10.0. The van der Waals surface area contributed by atoms with E-state index in [-0.39, 0.29) is 20.6 Å². The zero-order valence-electron chi connectivity index (χ0n) is 9.09. The second-order valence-electron chi connectivity index (χ2n) is 3.32. The molecule has 0 spiro atoms. The summed E-state index contributed by atoms with van der Waals surface area (Å²) in [7, 11) is -3.88. The number of halogens is 2. The van der Waals surface area contributed by atoms with E-state index in [1.165, 1.54) is 18.3 Å². The maximum Gasteiger partial charge on any atom is 0.265 e. The van der Waals surface area contributed by atoms with Crippen molar-refractivity contribution in [2.24, 2.45) is 0 Å². The zero-order valence-corrected chi connectivity index (χ0v) is 13.1. The summed E-state index contributed by atoms with van der Waals surface area (Å²) in [5.41, 5.74) is 0.257. The first-order chi connectivity index (χ1) is 8.94. The van der Waals surface area contributed by atoms with Crippen LogP contribution in [-0.4, -0.2) is 13.4 Å². The summed E-state index contributed by atoms with van der Waals surface area (Å²) in [6.07, 6.45) is 1.40. The van der Waals surface area contributed by atoms with Crippen LogP contribution in [0.4, 0.5) is 5.00 Å². The van der Waals surface area contributed by atoms with Gasteiger partial charge in [0.05, 0.1) is 5.56 Å². The van der Waals surface area contributed by atoms with E-state index in [1.54, 1.807) is 5.38 Å². The fourth-order valence-corrected chi connectivity index (χ4v) is 4.26. The number of nitrogens with zero attached hydrogens (tertiary/aromatic N) is 2. The van der Waals surface area contributed by atoms with E-state index in [9.17, 15) is 8.42 Å². The molecule has 2 heterocycles. The lowest BCUT2D eigenvalue weighted by atomic mass is 10.4. The predicted octanol–water partition coefficient (Wildman–Crippen LogP) is 3.23. The first-order valence-corrected chi connectivity index (χ1v) is 8.29. The molecule has 0 aliphatic carbocycles. The zero-order chi connectivity index (χ0) is 14.0. The third kappa shape index (κ3) is 3.06. The quantitative estimate of drug-likeness (QED) is 0.831. The van der Waals surface area contributed by atoms with Crippen molar-refractivity contribution in [2.45, 2.75) is 4.90 Å². The highest BCUT2D eigenvalue weighted by molar-refractivity contribution is 9.10. The molecule has 0 atom stereocenters. The number of nitriles is 1. The van der Waals surface area contributed by atoms with Crippen molar-refractivity contribution in [1.82, 2.24) is 4.98 Å². The third-order valence-corrected chi connectivity index (χ3v) is 5.24. The minimum absolute atomic E-state index is 0.134. The van der Waals surface area contributed by atoms with Crippen molar-refractivity contribution in [3.05, 3.63) is 38.9 Å². The van der Waals surface area contributed by atoms with Crippen LogP contribution >= 0.6 is 38.9 Å². The van der Waals surface area contributed by atoms with Gasteiger partial charge in [0.25, 0.3) is 10.0 Å². The van der Waals surface area contributed by atoms with Crippen LogP contribution in [0.5, 0.6) is 0 Å². The minimum Gasteiger partial charge on any atom is -0.269 e. The van der Waals surface area contributed by atoms with Crippen LogP contribution in [0.15, 0.2) is 33.1 Å². The van der Waals surface area contributed by atoms with Gasteiger partial charge in [0, 0.05) is 10.7 Å². The van der Waals surface area contributed by atoms with Gasteiger partial charge < -0.3 is 0 Å². The Labute approximate surface area is 127 Å². The van der Waals surface area contributed by atoms with Crippen molar-refractivity contribution in [3.8, 4) is 6.07 Å². The molecule has 0 amide bonds. The molecule has 1 N–H and O–H groups in total. The SMILES string of the molecule is N#Cc1ccsc1NS(=O)(=O)c1cc(Br)cnc1Cl. The number of anilines is 1. The summed E-state index contributed by atoms with van der Waals surface area (Å²) < 4.78 is 27.2. The van der Waals surface area contributed by atoms with Gasteiger partial charge in [-0.15, -0.1) is 11.3 Å². The standard InChI is InChI=1S/C10H5BrClN3O2S2/c11-7-3-8(9(12)14-5-7)19(16,17)15-10-6(4-13)1-2-18-10/h1-3,5,15H. The number of sulfonamides is 1. The second kappa shape index (κ2) is 5.46. The summed E-state index contributed by atoms with van der Waals surface area (Å²) in [4.78, 5) is 3.60. The molecule has 19 heavy (non-hydrogen) atoms. The summed E-state index contributed by atoms with van der Waals surface area (Å²) in [5.74, 6) is 0. The highest BCUT2D eigenvalue weighted by Crippen LogP contribution is 2.28. The number of hydrogen-bond donors (Lipinski definition) is 1. The fraction of sp³-hybridized carbons (Fsp3) is 0. The van der Waals surface area contributed by atoms with Crippen LogP contribution in [0.1, 0.15) is 5.56 Å². The number of rotatable bonds is 3. The van der Waals surface area contributed by atoms with Crippen molar-refractivity contribution < 1.29 is 8.42 Å². The van der Waals surface area contributed by atoms with E-state index < -0.39 is 10.0 Å². The van der Waals surface area contributed by atoms with Gasteiger partial charge in [-0.3, -0.25) is 4.72 Å². The van der Waals surface area contributed by atoms with E-state index in [4.69, 9.17) is 16.9 Å². The lowest BCUT2D eigenvalue weighted by molar-refractivity contribution is 0.601. The van der Waals surface area contributed by atoms with Crippen LogP contribution in [-0.2, 0) is 10.0 Å². The lowest BCUT2D eigenvalue weighted by Crippen LogP contribution is -2.13. The molecule has 9 heteroatoms. The Morgan fingerprint density at radius 2 is 2.26 bits per heavy atom. The molecule has 0 radical (unpaired) electrons. The minimum atomic E-state index is -3.88. The lowest BCUT2D eigenvalue weighted by Gasteiger charge is -2.08. The molecule has 5 nitrogen and oxygen atoms in total. The highest BCUT2D eigenvalue weighted by atomic mass is 79.9. The molecule has 2 aromatic rings. The van der Waals surface area contributed by atoms with Crippen LogP contribution in [0.25, 0.3) is 0 Å². The Hall–Kier alpha value is -1.14. The normalized spacial score (nSPS) is 11.0. The molecule has 0 saturated heterocycles. The average Bonchev–Trinajstić information content (AvgIpc) is 2.78. The summed E-state index contributed by atoms with van der Waals surface area (Å²) in [5, 5.41) is 10.6. The Morgan fingerprint density at radius 1 is 1.53 bits per heavy atom. The van der Waals surface area contributed by atoms with E-state index in [2.05, 4.69) is 25.6 Å². The number of nitrogens with one attached hydrogen (secondary N) is 1. The van der Waals surface area contributed by atoms with Gasteiger partial charge in [0.2, 0.25) is 0 Å². The number of aromatic nitrogens is 1. The smallest absolute Gasteiger partial charge is 0.265 e. The van der Waals surface area contributed by atoms with E-state index in [0.717, 1.165) is 11.3 Å². The Bertz CT molecular complexity index is 767. The molecule has 2 aromatic heterocycles. The van der Waals surface area contributed by atoms with Crippen molar-refractivity contribution in [1.29, 1.82) is 5.26 Å². The first kappa shape index (κ1) is 14.3. The average molecular weight is 379 g/mol. The number of thiophene rings is 1. The van der Waals surface area contributed by atoms with Gasteiger partial charge in [0.1, 0.15) is 21.1 Å². The molecule has 0 aromatic carbocycles. The Kier molecular flexibility index (Phi) is 4.10. The predicted molar refractivity (Wildman–Crippen MR) is 76.8 cm³/mol. The highest BCUT2D eigenvalue weighted by Gasteiger charge is 2.21. The van der Waals surface area contributed by atoms with Gasteiger partial charge in [-0.1, -0.05) is 11.6 Å². The molecule has 0 unspecified atom stereocenters. The Morgan fingerprint density at radius 3 is 2.95 bits per heavy atom. The first-order valence-electron chi connectivity index (χ1n) is 4.75. The number of hydrogen-bond acceptors (Lipinski definition) is 5. The maximum absolute atomic E-state index is 12.2. The summed E-state index contributed by atoms with van der Waals surface area (Å²) in [6, 6.07) is 4.78. The van der Waals surface area contributed by atoms with Gasteiger partial charge in [-0.05, 0) is 33.4 Å². The molecule has 2 rings (SSSR count). The molecule has 0 saturated carbocycles. The molecule has 0 bridgehead atoms. The molecule has 0 aliphatic rings. The molecule has 98 valence electrons. The van der Waals surface area contributed by atoms with Gasteiger partial charge in [0.15, 0.2) is 0 Å². The monoisotopic (exact) mass is 377 g/mol. The van der Waals surface area contributed by atoms with Crippen LogP contribution in [0.3, 0.4) is 0 Å². The maximum atomic E-state index is 12.2. The third-order valence-electron chi connectivity index (χ3n) is 2.08. The topological polar surface area (TPSA) is 82.9 Å². The number of pyridine rings is 1. The van der Waals surface area contributed by atoms with E-state index >= 15 is 0 Å². The van der Waals surface area contributed by atoms with E-state index in [1.807, 2.05) is 6.07 Å². The second-order valence-corrected chi connectivity index (χ2v) is 7.16. The van der Waals surface area contributed by atoms with Crippen molar-refractivity contribution >= 4 is 53.9 Å². The molecular formula is C10H5BrClN3O2S2. The Balaban J connectivity index is 2.44. The van der Waals surface area contributed by atoms with Crippen LogP contribution < -0.4 is 4.72 Å². The van der Waals surface area contributed by atoms with Crippen LogP contribution in [0.2, 0.25) is 5.15 Å². The molecule has 0 fully saturated rings. The summed E-state index contributed by atoms with van der Waals surface area (Å²) in [6.45, 7) is 0. The fourth-order valence-electron chi connectivity index (χ4n) is 1.25. The van der Waals surface area contributed by atoms with Gasteiger partial charge in [-0.25, -0.2) is 13.4 Å². The molecule has 0 aliphatic heterocycles. The van der Waals surface area contributed by atoms with Crippen molar-refractivity contribution in [3.63, 3.8) is 0 Å². The van der Waals surface area contributed by atoms with E-state index in [0.29, 0.717) is 4.47 Å². The van der Waals surface area contributed by atoms with Crippen LogP contribution in [0, 0.1) is 11.3 Å². The largest absolute Gasteiger partial charge is 0.269 e. The van der Waals surface area contributed by atoms with Gasteiger partial charge in [-0.2, -0.15) is 5.26 Å².